The zero-order chi connectivity index (χ0) is 13.3. The standard InChI is InChI=1S/C13H17ClN2O2/c1-8-6-16(7-9(2)18-8)13(17)11-5-10(14)3-4-12(11)15/h3-5,8-9H,6-7,15H2,1-2H3/t8-,9+. The summed E-state index contributed by atoms with van der Waals surface area (Å²) in [6, 6.07) is 4.95. The maximum Gasteiger partial charge on any atom is 0.256 e. The Balaban J connectivity index is 2.22. The van der Waals surface area contributed by atoms with Gasteiger partial charge in [0.25, 0.3) is 5.91 Å². The Hall–Kier alpha value is -1.26. The first-order valence-corrected chi connectivity index (χ1v) is 6.35. The number of morpholine rings is 1. The first kappa shape index (κ1) is 13.2. The Labute approximate surface area is 112 Å². The van der Waals surface area contributed by atoms with Gasteiger partial charge in [-0.2, -0.15) is 0 Å². The molecule has 0 bridgehead atoms. The normalized spacial score (nSPS) is 24.1. The average Bonchev–Trinajstić information content (AvgIpc) is 2.30. The van der Waals surface area contributed by atoms with Gasteiger partial charge in [-0.3, -0.25) is 4.79 Å². The van der Waals surface area contributed by atoms with Crippen molar-refractivity contribution < 1.29 is 9.53 Å². The van der Waals surface area contributed by atoms with Gasteiger partial charge < -0.3 is 15.4 Å². The molecular formula is C13H17ClN2O2. The minimum Gasteiger partial charge on any atom is -0.398 e. The Morgan fingerprint density at radius 2 is 2.00 bits per heavy atom. The van der Waals surface area contributed by atoms with E-state index in [2.05, 4.69) is 0 Å². The summed E-state index contributed by atoms with van der Waals surface area (Å²) in [6.07, 6.45) is 0.0798. The van der Waals surface area contributed by atoms with Crippen LogP contribution in [0, 0.1) is 0 Å². The van der Waals surface area contributed by atoms with Gasteiger partial charge in [-0.25, -0.2) is 0 Å². The Morgan fingerprint density at radius 1 is 1.39 bits per heavy atom. The largest absolute Gasteiger partial charge is 0.398 e. The zero-order valence-corrected chi connectivity index (χ0v) is 11.3. The molecule has 1 aliphatic rings. The molecule has 18 heavy (non-hydrogen) atoms. The second-order valence-electron chi connectivity index (χ2n) is 4.70. The van der Waals surface area contributed by atoms with E-state index >= 15 is 0 Å². The van der Waals surface area contributed by atoms with Crippen LogP contribution in [0.3, 0.4) is 0 Å². The summed E-state index contributed by atoms with van der Waals surface area (Å²) in [7, 11) is 0. The Kier molecular flexibility index (Phi) is 3.78. The molecule has 5 heteroatoms. The molecule has 2 rings (SSSR count). The minimum absolute atomic E-state index is 0.0399. The lowest BCUT2D eigenvalue weighted by atomic mass is 10.1. The van der Waals surface area contributed by atoms with Gasteiger partial charge in [0, 0.05) is 23.8 Å². The van der Waals surface area contributed by atoms with Crippen LogP contribution in [0.4, 0.5) is 5.69 Å². The minimum atomic E-state index is -0.0861. The number of nitrogens with two attached hydrogens (primary N) is 1. The Bertz CT molecular complexity index is 454. The second-order valence-corrected chi connectivity index (χ2v) is 5.14. The second kappa shape index (κ2) is 5.16. The van der Waals surface area contributed by atoms with Crippen LogP contribution >= 0.6 is 11.6 Å². The van der Waals surface area contributed by atoms with E-state index in [4.69, 9.17) is 22.1 Å². The van der Waals surface area contributed by atoms with Crippen LogP contribution in [0.25, 0.3) is 0 Å². The zero-order valence-electron chi connectivity index (χ0n) is 10.5. The number of hydrogen-bond donors (Lipinski definition) is 1. The van der Waals surface area contributed by atoms with Crippen molar-refractivity contribution in [1.29, 1.82) is 0 Å². The molecule has 1 aromatic rings. The average molecular weight is 269 g/mol. The summed E-state index contributed by atoms with van der Waals surface area (Å²) in [6.45, 7) is 5.07. The van der Waals surface area contributed by atoms with Gasteiger partial charge in [-0.15, -0.1) is 0 Å². The Morgan fingerprint density at radius 3 is 2.61 bits per heavy atom. The van der Waals surface area contributed by atoms with Gasteiger partial charge in [0.1, 0.15) is 0 Å². The lowest BCUT2D eigenvalue weighted by Crippen LogP contribution is -2.48. The number of rotatable bonds is 1. The van der Waals surface area contributed by atoms with E-state index in [1.54, 1.807) is 23.1 Å². The molecule has 1 aliphatic heterocycles. The summed E-state index contributed by atoms with van der Waals surface area (Å²) in [4.78, 5) is 14.2. The molecule has 0 radical (unpaired) electrons. The fraction of sp³-hybridized carbons (Fsp3) is 0.462. The molecule has 0 spiro atoms. The number of carbonyl (C=O) groups is 1. The highest BCUT2D eigenvalue weighted by molar-refractivity contribution is 6.31. The molecule has 1 heterocycles. The molecular weight excluding hydrogens is 252 g/mol. The fourth-order valence-corrected chi connectivity index (χ4v) is 2.40. The van der Waals surface area contributed by atoms with Crippen LogP contribution in [-0.2, 0) is 4.74 Å². The van der Waals surface area contributed by atoms with Crippen LogP contribution in [-0.4, -0.2) is 36.1 Å². The molecule has 4 nitrogen and oxygen atoms in total. The summed E-state index contributed by atoms with van der Waals surface area (Å²) < 4.78 is 5.61. The molecule has 1 amide bonds. The van der Waals surface area contributed by atoms with Crippen molar-refractivity contribution >= 4 is 23.2 Å². The van der Waals surface area contributed by atoms with E-state index in [1.807, 2.05) is 13.8 Å². The van der Waals surface area contributed by atoms with Gasteiger partial charge in [0.05, 0.1) is 17.8 Å². The van der Waals surface area contributed by atoms with Gasteiger partial charge in [-0.1, -0.05) is 11.6 Å². The van der Waals surface area contributed by atoms with E-state index in [1.165, 1.54) is 0 Å². The molecule has 1 aromatic carbocycles. The monoisotopic (exact) mass is 268 g/mol. The van der Waals surface area contributed by atoms with E-state index in [-0.39, 0.29) is 18.1 Å². The molecule has 1 saturated heterocycles. The van der Waals surface area contributed by atoms with Crippen molar-refractivity contribution in [3.8, 4) is 0 Å². The van der Waals surface area contributed by atoms with E-state index in [0.29, 0.717) is 29.4 Å². The number of nitrogen functional groups attached to an aromatic ring is 1. The van der Waals surface area contributed by atoms with E-state index in [0.717, 1.165) is 0 Å². The molecule has 0 aliphatic carbocycles. The number of hydrogen-bond acceptors (Lipinski definition) is 3. The highest BCUT2D eigenvalue weighted by Gasteiger charge is 2.27. The van der Waals surface area contributed by atoms with Gasteiger partial charge in [-0.05, 0) is 32.0 Å². The summed E-state index contributed by atoms with van der Waals surface area (Å²) >= 11 is 5.91. The van der Waals surface area contributed by atoms with Crippen molar-refractivity contribution in [2.24, 2.45) is 0 Å². The number of halogens is 1. The van der Waals surface area contributed by atoms with Crippen molar-refractivity contribution in [3.05, 3.63) is 28.8 Å². The number of nitrogens with zero attached hydrogens (tertiary/aromatic N) is 1. The lowest BCUT2D eigenvalue weighted by Gasteiger charge is -2.35. The molecule has 0 aromatic heterocycles. The van der Waals surface area contributed by atoms with Crippen LogP contribution < -0.4 is 5.73 Å². The first-order chi connectivity index (χ1) is 8.47. The number of benzene rings is 1. The topological polar surface area (TPSA) is 55.6 Å². The molecule has 1 fully saturated rings. The fourth-order valence-electron chi connectivity index (χ4n) is 2.23. The number of carbonyl (C=O) groups excluding carboxylic acids is 1. The highest BCUT2D eigenvalue weighted by Crippen LogP contribution is 2.21. The van der Waals surface area contributed by atoms with Crippen LogP contribution in [0.1, 0.15) is 24.2 Å². The maximum atomic E-state index is 12.4. The third-order valence-electron chi connectivity index (χ3n) is 2.95. The molecule has 2 N–H and O–H groups in total. The van der Waals surface area contributed by atoms with Gasteiger partial charge in [0.15, 0.2) is 0 Å². The molecule has 0 unspecified atom stereocenters. The van der Waals surface area contributed by atoms with Crippen LogP contribution in [0.15, 0.2) is 18.2 Å². The van der Waals surface area contributed by atoms with Crippen molar-refractivity contribution in [2.45, 2.75) is 26.1 Å². The number of anilines is 1. The quantitative estimate of drug-likeness (QED) is 0.794. The highest BCUT2D eigenvalue weighted by atomic mass is 35.5. The summed E-state index contributed by atoms with van der Waals surface area (Å²) in [5.41, 5.74) is 6.75. The summed E-state index contributed by atoms with van der Waals surface area (Å²) in [5, 5.41) is 0.516. The lowest BCUT2D eigenvalue weighted by molar-refractivity contribution is -0.0585. The number of ether oxygens (including phenoxy) is 1. The summed E-state index contributed by atoms with van der Waals surface area (Å²) in [5.74, 6) is -0.0861. The molecule has 0 saturated carbocycles. The van der Waals surface area contributed by atoms with Crippen LogP contribution in [0.2, 0.25) is 5.02 Å². The van der Waals surface area contributed by atoms with Crippen molar-refractivity contribution in [2.75, 3.05) is 18.8 Å². The third-order valence-corrected chi connectivity index (χ3v) is 3.19. The van der Waals surface area contributed by atoms with Gasteiger partial charge >= 0.3 is 0 Å². The molecule has 2 atom stereocenters. The van der Waals surface area contributed by atoms with Gasteiger partial charge in [0.2, 0.25) is 0 Å². The predicted octanol–water partition coefficient (Wildman–Crippen LogP) is 2.17. The van der Waals surface area contributed by atoms with Crippen molar-refractivity contribution in [1.82, 2.24) is 4.90 Å². The van der Waals surface area contributed by atoms with Crippen LogP contribution in [0.5, 0.6) is 0 Å². The predicted molar refractivity (Wildman–Crippen MR) is 71.8 cm³/mol. The third kappa shape index (κ3) is 2.76. The molecule has 98 valence electrons. The smallest absolute Gasteiger partial charge is 0.256 e. The number of amides is 1. The van der Waals surface area contributed by atoms with E-state index in [9.17, 15) is 4.79 Å². The SMILES string of the molecule is C[C@@H]1CN(C(=O)c2cc(Cl)ccc2N)C[C@H](C)O1. The van der Waals surface area contributed by atoms with E-state index < -0.39 is 0 Å². The van der Waals surface area contributed by atoms with Crippen molar-refractivity contribution in [3.63, 3.8) is 0 Å². The first-order valence-electron chi connectivity index (χ1n) is 5.97. The maximum absolute atomic E-state index is 12.4.